The molecular weight excluding hydrogens is 242 g/mol. The molecule has 92 valence electrons. The molecule has 0 aliphatic carbocycles. The molecule has 0 aromatic heterocycles. The maximum atomic E-state index is 11.2. The maximum Gasteiger partial charge on any atom is 0.338 e. The molecule has 5 nitrogen and oxygen atoms in total. The minimum atomic E-state index is -2.28. The van der Waals surface area contributed by atoms with E-state index < -0.39 is 17.2 Å². The van der Waals surface area contributed by atoms with Gasteiger partial charge in [-0.3, -0.25) is 4.21 Å². The Morgan fingerprint density at radius 2 is 2.06 bits per heavy atom. The van der Waals surface area contributed by atoms with E-state index in [0.717, 1.165) is 5.56 Å². The molecule has 0 aliphatic rings. The first-order valence-corrected chi connectivity index (χ1v) is 5.86. The van der Waals surface area contributed by atoms with Gasteiger partial charge in [0.1, 0.15) is 5.75 Å². The molecule has 0 saturated heterocycles. The Balaban J connectivity index is 2.58. The molecule has 0 spiro atoms. The molecule has 0 amide bonds. The van der Waals surface area contributed by atoms with Crippen molar-refractivity contribution in [1.82, 2.24) is 4.72 Å². The van der Waals surface area contributed by atoms with Crippen molar-refractivity contribution in [1.29, 1.82) is 0 Å². The lowest BCUT2D eigenvalue weighted by Crippen LogP contribution is -2.15. The zero-order valence-corrected chi connectivity index (χ0v) is 10.1. The minimum Gasteiger partial charge on any atom is -0.760 e. The number of nitrogens with one attached hydrogen (secondary N) is 1. The lowest BCUT2D eigenvalue weighted by Gasteiger charge is -2.08. The van der Waals surface area contributed by atoms with Crippen molar-refractivity contribution in [2.24, 2.45) is 0 Å². The van der Waals surface area contributed by atoms with Crippen LogP contribution in [0.1, 0.15) is 12.5 Å². The van der Waals surface area contributed by atoms with Crippen LogP contribution in [0.2, 0.25) is 0 Å². The summed E-state index contributed by atoms with van der Waals surface area (Å²) in [4.78, 5) is 11.2. The third-order valence-electron chi connectivity index (χ3n) is 1.88. The van der Waals surface area contributed by atoms with Gasteiger partial charge in [0.15, 0.2) is 0 Å². The molecule has 0 heterocycles. The Kier molecular flexibility index (Phi) is 5.02. The zero-order valence-electron chi connectivity index (χ0n) is 9.26. The molecule has 0 saturated carbocycles. The van der Waals surface area contributed by atoms with Gasteiger partial charge in [-0.15, -0.1) is 0 Å². The number of hydrogen-bond acceptors (Lipinski definition) is 4. The van der Waals surface area contributed by atoms with E-state index in [1.54, 1.807) is 31.2 Å². The molecule has 1 aromatic carbocycles. The standard InChI is InChI=1S/C11H13NO4S/c1-8(2)11(13)16-10-5-3-9(4-6-10)7-12-17(14)15/h3-6,12H,1,7H2,2H3,(H,14,15)/p-1. The Labute approximate surface area is 102 Å². The van der Waals surface area contributed by atoms with Crippen molar-refractivity contribution in [2.45, 2.75) is 13.5 Å². The van der Waals surface area contributed by atoms with Gasteiger partial charge in [0, 0.05) is 23.4 Å². The molecule has 0 bridgehead atoms. The van der Waals surface area contributed by atoms with Crippen LogP contribution in [0.3, 0.4) is 0 Å². The summed E-state index contributed by atoms with van der Waals surface area (Å²) in [5, 5.41) is 0. The van der Waals surface area contributed by atoms with Gasteiger partial charge in [-0.1, -0.05) is 18.7 Å². The summed E-state index contributed by atoms with van der Waals surface area (Å²) in [7, 11) is 0. The second kappa shape index (κ2) is 6.29. The predicted octanol–water partition coefficient (Wildman–Crippen LogP) is 1.05. The van der Waals surface area contributed by atoms with Crippen molar-refractivity contribution in [3.63, 3.8) is 0 Å². The van der Waals surface area contributed by atoms with Crippen LogP contribution in [0.25, 0.3) is 0 Å². The van der Waals surface area contributed by atoms with Crippen molar-refractivity contribution < 1.29 is 18.3 Å². The molecular formula is C11H12NO4S-. The summed E-state index contributed by atoms with van der Waals surface area (Å²) in [5.41, 5.74) is 1.09. The van der Waals surface area contributed by atoms with E-state index >= 15 is 0 Å². The second-order valence-electron chi connectivity index (χ2n) is 3.37. The first-order valence-electron chi connectivity index (χ1n) is 4.78. The van der Waals surface area contributed by atoms with Gasteiger partial charge in [-0.25, -0.2) is 9.52 Å². The van der Waals surface area contributed by atoms with Crippen LogP contribution in [0.15, 0.2) is 36.4 Å². The normalized spacial score (nSPS) is 11.9. The molecule has 0 radical (unpaired) electrons. The first-order chi connectivity index (χ1) is 7.99. The number of rotatable bonds is 5. The van der Waals surface area contributed by atoms with Crippen LogP contribution in [0.4, 0.5) is 0 Å². The first kappa shape index (κ1) is 13.6. The maximum absolute atomic E-state index is 11.2. The van der Waals surface area contributed by atoms with E-state index in [2.05, 4.69) is 11.3 Å². The van der Waals surface area contributed by atoms with Gasteiger partial charge in [0.25, 0.3) is 0 Å². The fourth-order valence-corrected chi connectivity index (χ4v) is 1.30. The Morgan fingerprint density at radius 3 is 2.53 bits per heavy atom. The molecule has 1 atom stereocenters. The van der Waals surface area contributed by atoms with E-state index in [1.165, 1.54) is 0 Å². The monoisotopic (exact) mass is 254 g/mol. The molecule has 0 fully saturated rings. The molecule has 1 unspecified atom stereocenters. The highest BCUT2D eigenvalue weighted by Crippen LogP contribution is 2.13. The van der Waals surface area contributed by atoms with Crippen LogP contribution >= 0.6 is 0 Å². The summed E-state index contributed by atoms with van der Waals surface area (Å²) >= 11 is -2.28. The van der Waals surface area contributed by atoms with E-state index in [0.29, 0.717) is 11.3 Å². The lowest BCUT2D eigenvalue weighted by molar-refractivity contribution is -0.130. The highest BCUT2D eigenvalue weighted by atomic mass is 32.2. The Hall–Kier alpha value is -1.50. The van der Waals surface area contributed by atoms with Gasteiger partial charge in [-0.05, 0) is 24.6 Å². The molecule has 17 heavy (non-hydrogen) atoms. The van der Waals surface area contributed by atoms with Gasteiger partial charge in [0.2, 0.25) is 0 Å². The summed E-state index contributed by atoms with van der Waals surface area (Å²) in [6.45, 7) is 5.22. The largest absolute Gasteiger partial charge is 0.760 e. The van der Waals surface area contributed by atoms with E-state index in [4.69, 9.17) is 4.74 Å². The fraction of sp³-hybridized carbons (Fsp3) is 0.182. The molecule has 1 aromatic rings. The van der Waals surface area contributed by atoms with Crippen LogP contribution in [0, 0.1) is 0 Å². The van der Waals surface area contributed by atoms with Crippen LogP contribution < -0.4 is 9.46 Å². The number of hydrogen-bond donors (Lipinski definition) is 1. The SMILES string of the molecule is C=C(C)C(=O)Oc1ccc(CNS(=O)[O-])cc1. The molecule has 0 aliphatic heterocycles. The number of carbonyl (C=O) groups is 1. The van der Waals surface area contributed by atoms with Crippen LogP contribution in [0.5, 0.6) is 5.75 Å². The predicted molar refractivity (Wildman–Crippen MR) is 62.7 cm³/mol. The van der Waals surface area contributed by atoms with Crippen molar-refractivity contribution in [2.75, 3.05) is 0 Å². The quantitative estimate of drug-likeness (QED) is 0.369. The second-order valence-corrected chi connectivity index (χ2v) is 4.13. The van der Waals surface area contributed by atoms with Crippen LogP contribution in [-0.4, -0.2) is 14.7 Å². The summed E-state index contributed by atoms with van der Waals surface area (Å²) in [5.74, 6) is -0.0958. The smallest absolute Gasteiger partial charge is 0.338 e. The van der Waals surface area contributed by atoms with Crippen molar-refractivity contribution in [3.05, 3.63) is 42.0 Å². The van der Waals surface area contributed by atoms with E-state index in [-0.39, 0.29) is 6.54 Å². The third-order valence-corrected chi connectivity index (χ3v) is 2.26. The van der Waals surface area contributed by atoms with Crippen molar-refractivity contribution in [3.8, 4) is 5.75 Å². The molecule has 1 N–H and O–H groups in total. The highest BCUT2D eigenvalue weighted by Gasteiger charge is 2.04. The Bertz CT molecular complexity index is 441. The molecule has 1 rings (SSSR count). The van der Waals surface area contributed by atoms with E-state index in [9.17, 15) is 13.6 Å². The average molecular weight is 254 g/mol. The van der Waals surface area contributed by atoms with Gasteiger partial charge in [-0.2, -0.15) is 0 Å². The van der Waals surface area contributed by atoms with Crippen LogP contribution in [-0.2, 0) is 22.6 Å². The van der Waals surface area contributed by atoms with Gasteiger partial charge in [0.05, 0.1) is 0 Å². The van der Waals surface area contributed by atoms with E-state index in [1.807, 2.05) is 0 Å². The number of benzene rings is 1. The topological polar surface area (TPSA) is 78.5 Å². The van der Waals surface area contributed by atoms with Crippen molar-refractivity contribution >= 4 is 17.2 Å². The molecule has 6 heteroatoms. The lowest BCUT2D eigenvalue weighted by atomic mass is 10.2. The summed E-state index contributed by atoms with van der Waals surface area (Å²) < 4.78 is 27.8. The van der Waals surface area contributed by atoms with Gasteiger partial charge >= 0.3 is 5.97 Å². The Morgan fingerprint density at radius 1 is 1.47 bits per heavy atom. The minimum absolute atomic E-state index is 0.199. The van der Waals surface area contributed by atoms with Gasteiger partial charge < -0.3 is 9.29 Å². The summed E-state index contributed by atoms with van der Waals surface area (Å²) in [6, 6.07) is 6.51. The highest BCUT2D eigenvalue weighted by molar-refractivity contribution is 7.77. The average Bonchev–Trinajstić information content (AvgIpc) is 2.28. The third kappa shape index (κ3) is 4.90. The number of carbonyl (C=O) groups excluding carboxylic acids is 1. The fourth-order valence-electron chi connectivity index (χ4n) is 1.01. The zero-order chi connectivity index (χ0) is 12.8. The summed E-state index contributed by atoms with van der Waals surface area (Å²) in [6.07, 6.45) is 0. The number of esters is 1. The number of ether oxygens (including phenoxy) is 1.